The molecule has 6 atom stereocenters. The van der Waals surface area contributed by atoms with Gasteiger partial charge in [0.25, 0.3) is 5.91 Å². The summed E-state index contributed by atoms with van der Waals surface area (Å²) in [6, 6.07) is 5.09. The van der Waals surface area contributed by atoms with Gasteiger partial charge in [0, 0.05) is 26.9 Å². The van der Waals surface area contributed by atoms with E-state index in [0.29, 0.717) is 10.7 Å². The Morgan fingerprint density at radius 1 is 1.16 bits per heavy atom. The van der Waals surface area contributed by atoms with Crippen LogP contribution < -0.4 is 5.32 Å². The summed E-state index contributed by atoms with van der Waals surface area (Å²) >= 11 is 13.2. The third-order valence-corrected chi connectivity index (χ3v) is 9.90. The predicted octanol–water partition coefficient (Wildman–Crippen LogP) is 3.30. The first-order valence-corrected chi connectivity index (χ1v) is 12.2. The summed E-state index contributed by atoms with van der Waals surface area (Å²) in [6.07, 6.45) is 0.709. The number of rotatable bonds is 6. The van der Waals surface area contributed by atoms with Gasteiger partial charge in [0.2, 0.25) is 11.8 Å². The molecule has 3 amide bonds. The number of hydrogen-bond donors (Lipinski definition) is 1. The third-order valence-electron chi connectivity index (χ3n) is 6.46. The van der Waals surface area contributed by atoms with Gasteiger partial charge in [-0.15, -0.1) is 0 Å². The van der Waals surface area contributed by atoms with Gasteiger partial charge in [0.1, 0.15) is 0 Å². The van der Waals surface area contributed by atoms with Crippen LogP contribution in [0, 0.1) is 30.6 Å². The number of alkyl halides is 2. The van der Waals surface area contributed by atoms with E-state index in [0.717, 1.165) is 12.0 Å². The number of ether oxygens (including phenoxy) is 1. The van der Waals surface area contributed by atoms with Crippen LogP contribution >= 0.6 is 43.5 Å². The summed E-state index contributed by atoms with van der Waals surface area (Å²) in [4.78, 5) is 51.3. The molecule has 1 aliphatic heterocycles. The highest BCUT2D eigenvalue weighted by atomic mass is 79.9. The van der Waals surface area contributed by atoms with E-state index >= 15 is 0 Å². The number of fused-ring (bicyclic) bond motifs is 5. The maximum atomic E-state index is 12.8. The van der Waals surface area contributed by atoms with E-state index < -0.39 is 18.5 Å². The monoisotopic (exact) mass is 574 g/mol. The fourth-order valence-corrected chi connectivity index (χ4v) is 7.01. The smallest absolute Gasteiger partial charge is 0.308 e. The molecule has 3 aliphatic rings. The van der Waals surface area contributed by atoms with E-state index in [1.165, 1.54) is 4.90 Å². The second-order valence-corrected chi connectivity index (χ2v) is 10.8. The van der Waals surface area contributed by atoms with Crippen LogP contribution in [0.3, 0.4) is 0 Å². The highest BCUT2D eigenvalue weighted by molar-refractivity contribution is 9.12. The van der Waals surface area contributed by atoms with Crippen molar-refractivity contribution < 1.29 is 23.9 Å². The third kappa shape index (κ3) is 4.16. The number of carbonyl (C=O) groups is 4. The second-order valence-electron chi connectivity index (χ2n) is 8.25. The van der Waals surface area contributed by atoms with Crippen molar-refractivity contribution in [2.45, 2.75) is 29.4 Å². The van der Waals surface area contributed by atoms with Gasteiger partial charge in [0.15, 0.2) is 6.61 Å². The maximum absolute atomic E-state index is 12.8. The summed E-state index contributed by atoms with van der Waals surface area (Å²) in [5, 5.41) is 3.12. The molecule has 2 bridgehead atoms. The van der Waals surface area contributed by atoms with Crippen LogP contribution in [0.2, 0.25) is 5.02 Å². The summed E-state index contributed by atoms with van der Waals surface area (Å²) in [7, 11) is 0. The van der Waals surface area contributed by atoms with Gasteiger partial charge in [-0.05, 0) is 42.9 Å². The summed E-state index contributed by atoms with van der Waals surface area (Å²) in [6.45, 7) is 1.33. The van der Waals surface area contributed by atoms with Crippen LogP contribution in [-0.2, 0) is 23.9 Å². The second kappa shape index (κ2) is 8.83. The Bertz CT molecular complexity index is 926. The first kappa shape index (κ1) is 22.7. The number of imide groups is 1. The van der Waals surface area contributed by atoms with Crippen LogP contribution in [0.4, 0.5) is 5.69 Å². The fourth-order valence-electron chi connectivity index (χ4n) is 4.97. The van der Waals surface area contributed by atoms with Crippen molar-refractivity contribution in [2.75, 3.05) is 18.5 Å². The summed E-state index contributed by atoms with van der Waals surface area (Å²) in [5.74, 6) is -1.89. The topological polar surface area (TPSA) is 92.8 Å². The normalized spacial score (nSPS) is 31.2. The molecule has 31 heavy (non-hydrogen) atoms. The zero-order valence-electron chi connectivity index (χ0n) is 16.6. The Labute approximate surface area is 201 Å². The van der Waals surface area contributed by atoms with Crippen molar-refractivity contribution in [3.63, 3.8) is 0 Å². The number of amides is 3. The highest BCUT2D eigenvalue weighted by Crippen LogP contribution is 2.60. The first-order chi connectivity index (χ1) is 14.7. The molecule has 3 fully saturated rings. The molecule has 0 unspecified atom stereocenters. The molecule has 2 aliphatic carbocycles. The number of carbonyl (C=O) groups excluding carboxylic acids is 4. The SMILES string of the molecule is Cc1ccc(Cl)cc1NC(=O)COC(=O)CCN1C(=O)[C@@H]2[C@H]3C[C@@H]([C@H](Br)[C@H]3Br)[C@H]2C1=O. The van der Waals surface area contributed by atoms with Crippen LogP contribution in [0.1, 0.15) is 18.4 Å². The van der Waals surface area contributed by atoms with E-state index in [-0.39, 0.29) is 58.1 Å². The van der Waals surface area contributed by atoms with Crippen molar-refractivity contribution in [2.24, 2.45) is 23.7 Å². The Kier molecular flexibility index (Phi) is 6.47. The number of hydrogen-bond acceptors (Lipinski definition) is 5. The van der Waals surface area contributed by atoms with Crippen molar-refractivity contribution in [1.29, 1.82) is 0 Å². The molecule has 1 saturated heterocycles. The van der Waals surface area contributed by atoms with Gasteiger partial charge in [-0.25, -0.2) is 0 Å². The van der Waals surface area contributed by atoms with Crippen LogP contribution in [0.15, 0.2) is 18.2 Å². The lowest BCUT2D eigenvalue weighted by molar-refractivity contribution is -0.149. The number of nitrogens with one attached hydrogen (secondary N) is 1. The number of halogens is 3. The lowest BCUT2D eigenvalue weighted by atomic mass is 9.81. The Hall–Kier alpha value is -1.45. The molecule has 10 heteroatoms. The quantitative estimate of drug-likeness (QED) is 0.319. The van der Waals surface area contributed by atoms with E-state index in [2.05, 4.69) is 37.2 Å². The van der Waals surface area contributed by atoms with Crippen LogP contribution in [0.5, 0.6) is 0 Å². The number of anilines is 1. The van der Waals surface area contributed by atoms with Gasteiger partial charge in [-0.3, -0.25) is 24.1 Å². The molecule has 1 aromatic rings. The van der Waals surface area contributed by atoms with Crippen molar-refractivity contribution in [3.05, 3.63) is 28.8 Å². The Morgan fingerprint density at radius 2 is 1.77 bits per heavy atom. The number of nitrogens with zero attached hydrogens (tertiary/aromatic N) is 1. The van der Waals surface area contributed by atoms with Gasteiger partial charge >= 0.3 is 5.97 Å². The minimum Gasteiger partial charge on any atom is -0.456 e. The minimum atomic E-state index is -0.643. The molecule has 1 aromatic carbocycles. The maximum Gasteiger partial charge on any atom is 0.308 e. The molecule has 0 radical (unpaired) electrons. The van der Waals surface area contributed by atoms with Crippen LogP contribution in [-0.4, -0.2) is 51.4 Å². The number of aryl methyl sites for hydroxylation is 1. The van der Waals surface area contributed by atoms with Gasteiger partial charge in [-0.2, -0.15) is 0 Å². The standard InChI is InChI=1S/C21H21Br2ClN2O5/c1-9-2-3-10(24)6-13(9)25-14(27)8-31-15(28)4-5-26-20(29)16-11-7-12(17(16)21(26)30)19(23)18(11)22/h2-3,6,11-12,16-19H,4-5,7-8H2,1H3,(H,25,27)/t11-,12-,16-,17-,18+,19+/m1/s1. The molecular formula is C21H21Br2ClN2O5. The van der Waals surface area contributed by atoms with E-state index in [1.54, 1.807) is 18.2 Å². The fraction of sp³-hybridized carbons (Fsp3) is 0.524. The van der Waals surface area contributed by atoms with Crippen molar-refractivity contribution in [1.82, 2.24) is 4.90 Å². The minimum absolute atomic E-state index is 0.0299. The molecule has 4 rings (SSSR count). The van der Waals surface area contributed by atoms with Gasteiger partial charge in [0.05, 0.1) is 18.3 Å². The van der Waals surface area contributed by atoms with Crippen molar-refractivity contribution in [3.8, 4) is 0 Å². The lowest BCUT2D eigenvalue weighted by Crippen LogP contribution is -2.37. The number of likely N-dealkylation sites (tertiary alicyclic amines) is 1. The zero-order chi connectivity index (χ0) is 22.4. The van der Waals surface area contributed by atoms with Gasteiger partial charge < -0.3 is 10.1 Å². The molecule has 2 saturated carbocycles. The van der Waals surface area contributed by atoms with E-state index in [4.69, 9.17) is 16.3 Å². The van der Waals surface area contributed by atoms with E-state index in [9.17, 15) is 19.2 Å². The summed E-state index contributed by atoms with van der Waals surface area (Å²) < 4.78 is 5.01. The summed E-state index contributed by atoms with van der Waals surface area (Å²) in [5.41, 5.74) is 1.37. The molecule has 7 nitrogen and oxygen atoms in total. The predicted molar refractivity (Wildman–Crippen MR) is 121 cm³/mol. The molecular weight excluding hydrogens is 556 g/mol. The van der Waals surface area contributed by atoms with E-state index in [1.807, 2.05) is 6.92 Å². The van der Waals surface area contributed by atoms with Crippen molar-refractivity contribution >= 4 is 72.8 Å². The molecule has 0 spiro atoms. The molecule has 1 heterocycles. The highest BCUT2D eigenvalue weighted by Gasteiger charge is 2.66. The largest absolute Gasteiger partial charge is 0.456 e. The first-order valence-electron chi connectivity index (χ1n) is 10.0. The number of benzene rings is 1. The average Bonchev–Trinajstić information content (AvgIpc) is 3.33. The van der Waals surface area contributed by atoms with Gasteiger partial charge in [-0.1, -0.05) is 49.5 Å². The molecule has 0 aromatic heterocycles. The Morgan fingerprint density at radius 3 is 2.39 bits per heavy atom. The Balaban J connectivity index is 1.27. The lowest BCUT2D eigenvalue weighted by Gasteiger charge is -2.28. The van der Waals surface area contributed by atoms with Crippen LogP contribution in [0.25, 0.3) is 0 Å². The number of esters is 1. The molecule has 166 valence electrons. The molecule has 1 N–H and O–H groups in total. The average molecular weight is 577 g/mol. The zero-order valence-corrected chi connectivity index (χ0v) is 20.6.